The highest BCUT2D eigenvalue weighted by molar-refractivity contribution is 5.41. The van der Waals surface area contributed by atoms with Gasteiger partial charge in [-0.2, -0.15) is 0 Å². The number of likely N-dealkylation sites (tertiary alicyclic amines) is 1. The molecule has 1 aromatic rings. The Balaban J connectivity index is 2.19. The van der Waals surface area contributed by atoms with Crippen molar-refractivity contribution in [1.29, 1.82) is 0 Å². The van der Waals surface area contributed by atoms with Crippen molar-refractivity contribution in [2.45, 2.75) is 25.4 Å². The van der Waals surface area contributed by atoms with Crippen molar-refractivity contribution in [3.63, 3.8) is 0 Å². The molecule has 2 unspecified atom stereocenters. The third-order valence-electron chi connectivity index (χ3n) is 3.91. The lowest BCUT2D eigenvalue weighted by Gasteiger charge is -2.39. The van der Waals surface area contributed by atoms with Gasteiger partial charge in [-0.3, -0.25) is 0 Å². The van der Waals surface area contributed by atoms with Crippen LogP contribution >= 0.6 is 0 Å². The number of hydrogen-bond acceptors (Lipinski definition) is 3. The summed E-state index contributed by atoms with van der Waals surface area (Å²) in [5.74, 6) is 0.296. The van der Waals surface area contributed by atoms with E-state index in [0.29, 0.717) is 5.92 Å². The fourth-order valence-corrected chi connectivity index (χ4v) is 2.68. The van der Waals surface area contributed by atoms with Gasteiger partial charge >= 0.3 is 0 Å². The monoisotopic (exact) mass is 234 g/mol. The quantitative estimate of drug-likeness (QED) is 0.767. The van der Waals surface area contributed by atoms with Gasteiger partial charge in [-0.15, -0.1) is 0 Å². The van der Waals surface area contributed by atoms with Gasteiger partial charge < -0.3 is 15.7 Å². The van der Waals surface area contributed by atoms with E-state index in [1.165, 1.54) is 0 Å². The van der Waals surface area contributed by atoms with Crippen LogP contribution in [-0.2, 0) is 5.60 Å². The largest absolute Gasteiger partial charge is 0.399 e. The van der Waals surface area contributed by atoms with Crippen molar-refractivity contribution in [2.24, 2.45) is 5.92 Å². The molecule has 3 N–H and O–H groups in total. The number of nitrogen functional groups attached to an aromatic ring is 1. The van der Waals surface area contributed by atoms with Crippen LogP contribution in [0.3, 0.4) is 0 Å². The Hall–Kier alpha value is -1.06. The Morgan fingerprint density at radius 1 is 1.35 bits per heavy atom. The van der Waals surface area contributed by atoms with Crippen molar-refractivity contribution < 1.29 is 5.11 Å². The zero-order valence-corrected chi connectivity index (χ0v) is 10.7. The van der Waals surface area contributed by atoms with Gasteiger partial charge in [-0.1, -0.05) is 12.1 Å². The maximum atomic E-state index is 10.8. The summed E-state index contributed by atoms with van der Waals surface area (Å²) in [6.07, 6.45) is 2.24. The van der Waals surface area contributed by atoms with Gasteiger partial charge in [0.05, 0.1) is 5.60 Å². The SMILES string of the molecule is CN1CCCC(C(C)(O)c2ccc(N)cc2)C1. The Morgan fingerprint density at radius 3 is 2.59 bits per heavy atom. The van der Waals surface area contributed by atoms with Crippen molar-refractivity contribution in [3.05, 3.63) is 29.8 Å². The maximum Gasteiger partial charge on any atom is 0.0908 e. The molecule has 1 aliphatic heterocycles. The van der Waals surface area contributed by atoms with Crippen molar-refractivity contribution >= 4 is 5.69 Å². The predicted molar refractivity (Wildman–Crippen MR) is 70.6 cm³/mol. The summed E-state index contributed by atoms with van der Waals surface area (Å²) >= 11 is 0. The van der Waals surface area contributed by atoms with Crippen LogP contribution in [0.15, 0.2) is 24.3 Å². The van der Waals surface area contributed by atoms with Crippen LogP contribution in [0.25, 0.3) is 0 Å². The molecular formula is C14H22N2O. The van der Waals surface area contributed by atoms with Gasteiger partial charge in [0.25, 0.3) is 0 Å². The lowest BCUT2D eigenvalue weighted by Crippen LogP contribution is -2.43. The van der Waals surface area contributed by atoms with Gasteiger partial charge in [-0.25, -0.2) is 0 Å². The summed E-state index contributed by atoms with van der Waals surface area (Å²) in [7, 11) is 2.12. The molecule has 1 heterocycles. The number of piperidine rings is 1. The third kappa shape index (κ3) is 2.61. The smallest absolute Gasteiger partial charge is 0.0908 e. The fourth-order valence-electron chi connectivity index (χ4n) is 2.68. The number of nitrogens with zero attached hydrogens (tertiary/aromatic N) is 1. The highest BCUT2D eigenvalue weighted by Gasteiger charge is 2.35. The van der Waals surface area contributed by atoms with Crippen molar-refractivity contribution in [3.8, 4) is 0 Å². The molecule has 1 saturated heterocycles. The van der Waals surface area contributed by atoms with Gasteiger partial charge in [0.1, 0.15) is 0 Å². The first kappa shape index (κ1) is 12.4. The number of benzene rings is 1. The van der Waals surface area contributed by atoms with Crippen molar-refractivity contribution in [2.75, 3.05) is 25.9 Å². The van der Waals surface area contributed by atoms with E-state index in [9.17, 15) is 5.11 Å². The highest BCUT2D eigenvalue weighted by atomic mass is 16.3. The Kier molecular flexibility index (Phi) is 3.40. The van der Waals surface area contributed by atoms with Crippen LogP contribution in [0.1, 0.15) is 25.3 Å². The summed E-state index contributed by atoms with van der Waals surface area (Å²) in [4.78, 5) is 2.29. The minimum absolute atomic E-state index is 0.296. The standard InChI is InChI=1S/C14H22N2O/c1-14(17,11-5-7-13(15)8-6-11)12-4-3-9-16(2)10-12/h5-8,12,17H,3-4,9-10,15H2,1-2H3. The molecular weight excluding hydrogens is 212 g/mol. The van der Waals surface area contributed by atoms with E-state index >= 15 is 0 Å². The van der Waals surface area contributed by atoms with E-state index in [2.05, 4.69) is 11.9 Å². The number of rotatable bonds is 2. The van der Waals surface area contributed by atoms with E-state index in [1.54, 1.807) is 0 Å². The van der Waals surface area contributed by atoms with Crippen molar-refractivity contribution in [1.82, 2.24) is 4.90 Å². The molecule has 0 spiro atoms. The molecule has 0 radical (unpaired) electrons. The van der Waals surface area contributed by atoms with Crippen LogP contribution < -0.4 is 5.73 Å². The van der Waals surface area contributed by atoms with E-state index < -0.39 is 5.60 Å². The Bertz CT molecular complexity index is 372. The number of anilines is 1. The first-order valence-corrected chi connectivity index (χ1v) is 6.27. The maximum absolute atomic E-state index is 10.8. The van der Waals surface area contributed by atoms with E-state index in [4.69, 9.17) is 5.73 Å². The molecule has 2 rings (SSSR count). The molecule has 0 aromatic heterocycles. The zero-order valence-electron chi connectivity index (χ0n) is 10.7. The summed E-state index contributed by atoms with van der Waals surface area (Å²) in [6.45, 7) is 4.01. The number of aliphatic hydroxyl groups is 1. The molecule has 0 amide bonds. The molecule has 94 valence electrons. The van der Waals surface area contributed by atoms with Crippen LogP contribution in [0, 0.1) is 5.92 Å². The number of hydrogen-bond donors (Lipinski definition) is 2. The second-order valence-electron chi connectivity index (χ2n) is 5.37. The fraction of sp³-hybridized carbons (Fsp3) is 0.571. The molecule has 0 bridgehead atoms. The summed E-state index contributed by atoms with van der Waals surface area (Å²) in [6, 6.07) is 7.58. The van der Waals surface area contributed by atoms with Crippen LogP contribution in [0.2, 0.25) is 0 Å². The second kappa shape index (κ2) is 4.67. The van der Waals surface area contributed by atoms with Crippen LogP contribution in [0.5, 0.6) is 0 Å². The van der Waals surface area contributed by atoms with Gasteiger partial charge in [0.15, 0.2) is 0 Å². The average molecular weight is 234 g/mol. The van der Waals surface area contributed by atoms with E-state index in [0.717, 1.165) is 37.2 Å². The molecule has 1 fully saturated rings. The molecule has 0 aliphatic carbocycles. The number of nitrogens with two attached hydrogens (primary N) is 1. The second-order valence-corrected chi connectivity index (χ2v) is 5.37. The minimum atomic E-state index is -0.762. The lowest BCUT2D eigenvalue weighted by atomic mass is 9.78. The third-order valence-corrected chi connectivity index (χ3v) is 3.91. The molecule has 1 aromatic carbocycles. The first-order valence-electron chi connectivity index (χ1n) is 6.27. The zero-order chi connectivity index (χ0) is 12.5. The predicted octanol–water partition coefficient (Wildman–Crippen LogP) is 1.82. The van der Waals surface area contributed by atoms with Gasteiger partial charge in [0, 0.05) is 18.2 Å². The van der Waals surface area contributed by atoms with Crippen LogP contribution in [-0.4, -0.2) is 30.1 Å². The van der Waals surface area contributed by atoms with E-state index in [1.807, 2.05) is 31.2 Å². The van der Waals surface area contributed by atoms with Gasteiger partial charge in [0.2, 0.25) is 0 Å². The summed E-state index contributed by atoms with van der Waals surface area (Å²) in [5, 5.41) is 10.8. The molecule has 3 nitrogen and oxygen atoms in total. The molecule has 0 saturated carbocycles. The van der Waals surface area contributed by atoms with E-state index in [-0.39, 0.29) is 0 Å². The first-order chi connectivity index (χ1) is 8.00. The minimum Gasteiger partial charge on any atom is -0.399 e. The Morgan fingerprint density at radius 2 is 2.00 bits per heavy atom. The topological polar surface area (TPSA) is 49.5 Å². The molecule has 17 heavy (non-hydrogen) atoms. The normalized spacial score (nSPS) is 25.5. The van der Waals surface area contributed by atoms with Gasteiger partial charge in [-0.05, 0) is 51.1 Å². The molecule has 2 atom stereocenters. The molecule has 1 aliphatic rings. The molecule has 3 heteroatoms. The summed E-state index contributed by atoms with van der Waals surface area (Å²) in [5.41, 5.74) is 6.62. The Labute approximate surface area is 103 Å². The lowest BCUT2D eigenvalue weighted by molar-refractivity contribution is -0.0340. The summed E-state index contributed by atoms with van der Waals surface area (Å²) < 4.78 is 0. The average Bonchev–Trinajstić information content (AvgIpc) is 2.29. The highest BCUT2D eigenvalue weighted by Crippen LogP contribution is 2.35. The van der Waals surface area contributed by atoms with Crippen LogP contribution in [0.4, 0.5) is 5.69 Å².